The first-order valence-corrected chi connectivity index (χ1v) is 7.09. The van der Waals surface area contributed by atoms with Crippen molar-refractivity contribution in [1.82, 2.24) is 24.9 Å². The van der Waals surface area contributed by atoms with Gasteiger partial charge < -0.3 is 15.3 Å². The smallest absolute Gasteiger partial charge is 0.317 e. The summed E-state index contributed by atoms with van der Waals surface area (Å²) in [6.45, 7) is 3.77. The molecule has 0 saturated carbocycles. The topological polar surface area (TPSA) is 90.7 Å². The third-order valence-corrected chi connectivity index (χ3v) is 3.42. The summed E-state index contributed by atoms with van der Waals surface area (Å²) in [6.07, 6.45) is 4.45. The molecule has 0 unspecified atom stereocenters. The van der Waals surface area contributed by atoms with E-state index in [9.17, 15) is 9.59 Å². The number of aromatic nitrogens is 2. The van der Waals surface area contributed by atoms with E-state index in [4.69, 9.17) is 5.11 Å². The van der Waals surface area contributed by atoms with Gasteiger partial charge in [0.2, 0.25) is 0 Å². The van der Waals surface area contributed by atoms with Crippen LogP contribution < -0.4 is 5.32 Å². The van der Waals surface area contributed by atoms with Crippen LogP contribution in [0.3, 0.4) is 0 Å². The second kappa shape index (κ2) is 7.63. The van der Waals surface area contributed by atoms with Gasteiger partial charge in [-0.25, -0.2) is 4.79 Å². The fourth-order valence-electron chi connectivity index (χ4n) is 2.28. The van der Waals surface area contributed by atoms with Crippen LogP contribution in [0.2, 0.25) is 0 Å². The molecule has 116 valence electrons. The number of nitrogens with one attached hydrogen (secondary N) is 1. The standard InChI is InChI=1S/C13H21N5O3/c19-12(20)11-16-7-9-17(10-8-16)13(21)14-3-1-5-18-6-2-4-15-18/h2,4,6H,1,3,5,7-11H2,(H,14,21)(H,19,20). The van der Waals surface area contributed by atoms with E-state index in [1.807, 2.05) is 21.8 Å². The van der Waals surface area contributed by atoms with Crippen molar-refractivity contribution in [2.24, 2.45) is 0 Å². The summed E-state index contributed by atoms with van der Waals surface area (Å²) in [6, 6.07) is 1.79. The first-order valence-electron chi connectivity index (χ1n) is 7.09. The van der Waals surface area contributed by atoms with Crippen molar-refractivity contribution in [1.29, 1.82) is 0 Å². The van der Waals surface area contributed by atoms with E-state index in [0.717, 1.165) is 13.0 Å². The molecule has 0 radical (unpaired) electrons. The number of rotatable bonds is 6. The zero-order valence-electron chi connectivity index (χ0n) is 11.9. The van der Waals surface area contributed by atoms with Crippen molar-refractivity contribution in [3.05, 3.63) is 18.5 Å². The Balaban J connectivity index is 1.60. The van der Waals surface area contributed by atoms with Gasteiger partial charge in [-0.3, -0.25) is 14.4 Å². The second-order valence-corrected chi connectivity index (χ2v) is 5.01. The third kappa shape index (κ3) is 5.07. The molecule has 2 rings (SSSR count). The number of hydrogen-bond donors (Lipinski definition) is 2. The van der Waals surface area contributed by atoms with Crippen molar-refractivity contribution in [2.75, 3.05) is 39.3 Å². The average Bonchev–Trinajstić information content (AvgIpc) is 2.97. The van der Waals surface area contributed by atoms with Gasteiger partial charge in [0.15, 0.2) is 0 Å². The summed E-state index contributed by atoms with van der Waals surface area (Å²) >= 11 is 0. The Kier molecular flexibility index (Phi) is 5.56. The lowest BCUT2D eigenvalue weighted by molar-refractivity contribution is -0.138. The van der Waals surface area contributed by atoms with E-state index in [1.54, 1.807) is 11.1 Å². The summed E-state index contributed by atoms with van der Waals surface area (Å²) in [5, 5.41) is 15.7. The maximum atomic E-state index is 11.9. The number of nitrogens with zero attached hydrogens (tertiary/aromatic N) is 4. The van der Waals surface area contributed by atoms with Crippen LogP contribution >= 0.6 is 0 Å². The molecule has 1 aliphatic heterocycles. The lowest BCUT2D eigenvalue weighted by Crippen LogP contribution is -2.52. The Morgan fingerprint density at radius 1 is 1.24 bits per heavy atom. The first kappa shape index (κ1) is 15.3. The summed E-state index contributed by atoms with van der Waals surface area (Å²) in [5.41, 5.74) is 0. The molecule has 0 aromatic carbocycles. The first-order chi connectivity index (χ1) is 10.1. The summed E-state index contributed by atoms with van der Waals surface area (Å²) in [7, 11) is 0. The number of carbonyl (C=O) groups is 2. The Bertz CT molecular complexity index is 454. The minimum absolute atomic E-state index is 0.0410. The number of carboxylic acids is 1. The Labute approximate surface area is 123 Å². The van der Waals surface area contributed by atoms with Crippen LogP contribution in [0.1, 0.15) is 6.42 Å². The Hall–Kier alpha value is -2.09. The molecule has 1 aromatic heterocycles. The molecule has 0 bridgehead atoms. The highest BCUT2D eigenvalue weighted by Crippen LogP contribution is 2.01. The zero-order chi connectivity index (χ0) is 15.1. The van der Waals surface area contributed by atoms with E-state index in [2.05, 4.69) is 10.4 Å². The van der Waals surface area contributed by atoms with E-state index in [-0.39, 0.29) is 12.6 Å². The number of piperazine rings is 1. The largest absolute Gasteiger partial charge is 0.480 e. The number of carboxylic acid groups (broad SMARTS) is 1. The number of aliphatic carboxylic acids is 1. The third-order valence-electron chi connectivity index (χ3n) is 3.42. The minimum Gasteiger partial charge on any atom is -0.480 e. The highest BCUT2D eigenvalue weighted by molar-refractivity contribution is 5.74. The number of hydrogen-bond acceptors (Lipinski definition) is 4. The lowest BCUT2D eigenvalue weighted by Gasteiger charge is -2.33. The summed E-state index contributed by atoms with van der Waals surface area (Å²) in [5.74, 6) is -0.827. The van der Waals surface area contributed by atoms with Crippen molar-refractivity contribution in [2.45, 2.75) is 13.0 Å². The van der Waals surface area contributed by atoms with E-state index < -0.39 is 5.97 Å². The van der Waals surface area contributed by atoms with E-state index >= 15 is 0 Å². The van der Waals surface area contributed by atoms with Crippen molar-refractivity contribution in [3.63, 3.8) is 0 Å². The van der Waals surface area contributed by atoms with Gasteiger partial charge in [0.25, 0.3) is 0 Å². The molecule has 2 heterocycles. The number of amides is 2. The molecular weight excluding hydrogens is 274 g/mol. The van der Waals surface area contributed by atoms with Crippen LogP contribution in [0.5, 0.6) is 0 Å². The molecule has 1 fully saturated rings. The van der Waals surface area contributed by atoms with Crippen LogP contribution in [-0.2, 0) is 11.3 Å². The predicted molar refractivity (Wildman–Crippen MR) is 75.9 cm³/mol. The second-order valence-electron chi connectivity index (χ2n) is 5.01. The minimum atomic E-state index is -0.827. The van der Waals surface area contributed by atoms with Gasteiger partial charge in [-0.2, -0.15) is 5.10 Å². The van der Waals surface area contributed by atoms with E-state index in [1.165, 1.54) is 0 Å². The molecule has 0 aliphatic carbocycles. The highest BCUT2D eigenvalue weighted by atomic mass is 16.4. The van der Waals surface area contributed by atoms with Crippen molar-refractivity contribution < 1.29 is 14.7 Å². The molecule has 21 heavy (non-hydrogen) atoms. The number of aryl methyl sites for hydroxylation is 1. The Morgan fingerprint density at radius 2 is 2.00 bits per heavy atom. The zero-order valence-corrected chi connectivity index (χ0v) is 11.9. The molecule has 0 atom stereocenters. The van der Waals surface area contributed by atoms with E-state index in [0.29, 0.717) is 32.7 Å². The monoisotopic (exact) mass is 295 g/mol. The fraction of sp³-hybridized carbons (Fsp3) is 0.615. The van der Waals surface area contributed by atoms with Gasteiger partial charge >= 0.3 is 12.0 Å². The predicted octanol–water partition coefficient (Wildman–Crippen LogP) is -0.315. The van der Waals surface area contributed by atoms with Crippen molar-refractivity contribution in [3.8, 4) is 0 Å². The molecule has 2 N–H and O–H groups in total. The van der Waals surface area contributed by atoms with Crippen LogP contribution in [0.25, 0.3) is 0 Å². The van der Waals surface area contributed by atoms with Crippen molar-refractivity contribution >= 4 is 12.0 Å². The SMILES string of the molecule is O=C(O)CN1CCN(C(=O)NCCCn2cccn2)CC1. The molecule has 1 aliphatic rings. The van der Waals surface area contributed by atoms with Crippen LogP contribution in [0.15, 0.2) is 18.5 Å². The number of urea groups is 1. The molecule has 1 saturated heterocycles. The summed E-state index contributed by atoms with van der Waals surface area (Å²) in [4.78, 5) is 26.1. The van der Waals surface area contributed by atoms with Crippen LogP contribution in [-0.4, -0.2) is 76.0 Å². The highest BCUT2D eigenvalue weighted by Gasteiger charge is 2.21. The van der Waals surface area contributed by atoms with Gasteiger partial charge in [0.05, 0.1) is 6.54 Å². The fourth-order valence-corrected chi connectivity index (χ4v) is 2.28. The summed E-state index contributed by atoms with van der Waals surface area (Å²) < 4.78 is 1.83. The molecule has 8 nitrogen and oxygen atoms in total. The average molecular weight is 295 g/mol. The maximum Gasteiger partial charge on any atom is 0.317 e. The molecule has 2 amide bonds. The molecular formula is C13H21N5O3. The molecule has 8 heteroatoms. The van der Waals surface area contributed by atoms with Gasteiger partial charge in [-0.1, -0.05) is 0 Å². The molecule has 1 aromatic rings. The van der Waals surface area contributed by atoms with Crippen LogP contribution in [0.4, 0.5) is 4.79 Å². The lowest BCUT2D eigenvalue weighted by atomic mass is 10.3. The van der Waals surface area contributed by atoms with Gasteiger partial charge in [0.1, 0.15) is 0 Å². The Morgan fingerprint density at radius 3 is 2.62 bits per heavy atom. The molecule has 0 spiro atoms. The van der Waals surface area contributed by atoms with Gasteiger partial charge in [-0.05, 0) is 12.5 Å². The maximum absolute atomic E-state index is 11.9. The van der Waals surface area contributed by atoms with Gasteiger partial charge in [-0.15, -0.1) is 0 Å². The normalized spacial score (nSPS) is 15.9. The quantitative estimate of drug-likeness (QED) is 0.702. The van der Waals surface area contributed by atoms with Gasteiger partial charge in [0, 0.05) is 51.7 Å². The number of carbonyl (C=O) groups excluding carboxylic acids is 1. The van der Waals surface area contributed by atoms with Crippen LogP contribution in [0, 0.1) is 0 Å².